The van der Waals surface area contributed by atoms with Crippen molar-refractivity contribution in [2.75, 3.05) is 0 Å². The minimum absolute atomic E-state index is 0.408. The molecule has 0 fully saturated rings. The van der Waals surface area contributed by atoms with Gasteiger partial charge in [-0.1, -0.05) is 28.1 Å². The molecule has 0 aliphatic rings. The van der Waals surface area contributed by atoms with Gasteiger partial charge in [0.2, 0.25) is 0 Å². The van der Waals surface area contributed by atoms with Gasteiger partial charge in [-0.2, -0.15) is 0 Å². The van der Waals surface area contributed by atoms with E-state index in [1.807, 2.05) is 35.7 Å². The fourth-order valence-electron chi connectivity index (χ4n) is 1.50. The number of thiophene rings is 1. The summed E-state index contributed by atoms with van der Waals surface area (Å²) < 4.78 is 2.26. The maximum absolute atomic E-state index is 10.1. The van der Waals surface area contributed by atoms with E-state index in [2.05, 4.69) is 38.5 Å². The van der Waals surface area contributed by atoms with Crippen LogP contribution in [0.25, 0.3) is 0 Å². The Labute approximate surface area is 121 Å². The average molecular weight is 409 g/mol. The largest absolute Gasteiger partial charge is 0.388 e. The Bertz CT molecular complexity index is 483. The number of halogens is 2. The first kappa shape index (κ1) is 12.5. The lowest BCUT2D eigenvalue weighted by atomic mass is 10.0. The molecule has 1 atom stereocenters. The summed E-state index contributed by atoms with van der Waals surface area (Å²) in [5, 5.41) is 12.1. The summed E-state index contributed by atoms with van der Waals surface area (Å²) in [5.41, 5.74) is 2.15. The molecule has 1 unspecified atom stereocenters. The van der Waals surface area contributed by atoms with Gasteiger partial charge in [0.1, 0.15) is 0 Å². The summed E-state index contributed by atoms with van der Waals surface area (Å²) in [6.45, 7) is 0. The summed E-state index contributed by atoms with van der Waals surface area (Å²) >= 11 is 7.37. The van der Waals surface area contributed by atoms with Crippen molar-refractivity contribution >= 4 is 49.9 Å². The van der Waals surface area contributed by atoms with E-state index in [-0.39, 0.29) is 0 Å². The van der Waals surface area contributed by atoms with E-state index in [9.17, 15) is 5.11 Å². The van der Waals surface area contributed by atoms with Crippen LogP contribution in [0.4, 0.5) is 0 Å². The molecule has 0 radical (unpaired) electrons. The van der Waals surface area contributed by atoms with Crippen LogP contribution in [0.3, 0.4) is 0 Å². The van der Waals surface area contributed by atoms with Crippen molar-refractivity contribution in [1.29, 1.82) is 0 Å². The molecule has 2 aromatic rings. The minimum Gasteiger partial charge on any atom is -0.388 e. The summed E-state index contributed by atoms with van der Waals surface area (Å²) in [4.78, 5) is 0. The molecule has 0 bridgehead atoms. The van der Waals surface area contributed by atoms with Crippen LogP contribution < -0.4 is 0 Å². The highest BCUT2D eigenvalue weighted by atomic mass is 127. The number of rotatable bonds is 3. The first-order chi connectivity index (χ1) is 7.65. The van der Waals surface area contributed by atoms with Gasteiger partial charge in [0.25, 0.3) is 0 Å². The van der Waals surface area contributed by atoms with Crippen LogP contribution >= 0.6 is 49.9 Å². The van der Waals surface area contributed by atoms with Gasteiger partial charge in [-0.15, -0.1) is 11.3 Å². The zero-order valence-corrected chi connectivity index (χ0v) is 12.9. The molecule has 4 heteroatoms. The lowest BCUT2D eigenvalue weighted by Gasteiger charge is -2.08. The Balaban J connectivity index is 2.10. The molecule has 2 rings (SSSR count). The number of hydrogen-bond donors (Lipinski definition) is 1. The van der Waals surface area contributed by atoms with Crippen molar-refractivity contribution in [2.24, 2.45) is 0 Å². The fraction of sp³-hybridized carbons (Fsp3) is 0.167. The van der Waals surface area contributed by atoms with Gasteiger partial charge in [0.05, 0.1) is 8.99 Å². The molecule has 0 spiro atoms. The summed E-state index contributed by atoms with van der Waals surface area (Å²) in [5.74, 6) is 0. The molecule has 0 aliphatic carbocycles. The predicted octanol–water partition coefficient (Wildman–Crippen LogP) is 4.39. The Morgan fingerprint density at radius 1 is 1.38 bits per heavy atom. The first-order valence-corrected chi connectivity index (χ1v) is 7.57. The second-order valence-electron chi connectivity index (χ2n) is 3.53. The SMILES string of the molecule is OC(Cc1cccc(Br)c1)c1csc(I)c1. The number of aliphatic hydroxyl groups excluding tert-OH is 1. The Morgan fingerprint density at radius 3 is 2.81 bits per heavy atom. The van der Waals surface area contributed by atoms with Crippen LogP contribution in [0, 0.1) is 2.88 Å². The zero-order chi connectivity index (χ0) is 11.5. The molecule has 1 heterocycles. The standard InChI is InChI=1S/C12H10BrIOS/c13-10-3-1-2-8(4-10)5-11(15)9-6-12(14)16-7-9/h1-4,6-7,11,15H,5H2. The van der Waals surface area contributed by atoms with Gasteiger partial charge >= 0.3 is 0 Å². The summed E-state index contributed by atoms with van der Waals surface area (Å²) in [6.07, 6.45) is 0.251. The van der Waals surface area contributed by atoms with Crippen molar-refractivity contribution < 1.29 is 5.11 Å². The van der Waals surface area contributed by atoms with Gasteiger partial charge < -0.3 is 5.11 Å². The van der Waals surface area contributed by atoms with Crippen molar-refractivity contribution in [3.63, 3.8) is 0 Å². The van der Waals surface area contributed by atoms with Crippen molar-refractivity contribution in [3.05, 3.63) is 54.2 Å². The van der Waals surface area contributed by atoms with Crippen LogP contribution in [-0.2, 0) is 6.42 Å². The average Bonchev–Trinajstić information content (AvgIpc) is 2.65. The molecular formula is C12H10BrIOS. The number of hydrogen-bond acceptors (Lipinski definition) is 2. The molecule has 1 nitrogen and oxygen atoms in total. The number of benzene rings is 1. The maximum atomic E-state index is 10.1. The van der Waals surface area contributed by atoms with Crippen LogP contribution in [-0.4, -0.2) is 5.11 Å². The van der Waals surface area contributed by atoms with Gasteiger partial charge in [-0.05, 0) is 57.3 Å². The monoisotopic (exact) mass is 408 g/mol. The van der Waals surface area contributed by atoms with Crippen molar-refractivity contribution in [1.82, 2.24) is 0 Å². The normalized spacial score (nSPS) is 12.7. The van der Waals surface area contributed by atoms with Gasteiger partial charge in [-0.3, -0.25) is 0 Å². The molecule has 1 aromatic heterocycles. The molecule has 0 aliphatic heterocycles. The second-order valence-corrected chi connectivity index (χ2v) is 7.26. The third kappa shape index (κ3) is 3.29. The van der Waals surface area contributed by atoms with E-state index >= 15 is 0 Å². The third-order valence-corrected chi connectivity index (χ3v) is 4.59. The first-order valence-electron chi connectivity index (χ1n) is 4.81. The lowest BCUT2D eigenvalue weighted by Crippen LogP contribution is -2.00. The van der Waals surface area contributed by atoms with Gasteiger partial charge in [0, 0.05) is 10.9 Å². The van der Waals surface area contributed by atoms with Crippen LogP contribution in [0.15, 0.2) is 40.2 Å². The highest BCUT2D eigenvalue weighted by Crippen LogP contribution is 2.25. The van der Waals surface area contributed by atoms with Crippen LogP contribution in [0.1, 0.15) is 17.2 Å². The van der Waals surface area contributed by atoms with E-state index in [1.165, 1.54) is 2.88 Å². The van der Waals surface area contributed by atoms with E-state index < -0.39 is 6.10 Å². The van der Waals surface area contributed by atoms with Crippen molar-refractivity contribution in [2.45, 2.75) is 12.5 Å². The molecule has 0 saturated heterocycles. The van der Waals surface area contributed by atoms with Crippen molar-refractivity contribution in [3.8, 4) is 0 Å². The Morgan fingerprint density at radius 2 is 2.19 bits per heavy atom. The smallest absolute Gasteiger partial charge is 0.0838 e. The van der Waals surface area contributed by atoms with E-state index in [4.69, 9.17) is 0 Å². The minimum atomic E-state index is -0.408. The number of aliphatic hydroxyl groups is 1. The lowest BCUT2D eigenvalue weighted by molar-refractivity contribution is 0.179. The summed E-state index contributed by atoms with van der Waals surface area (Å²) in [6, 6.07) is 10.1. The third-order valence-electron chi connectivity index (χ3n) is 2.29. The molecule has 84 valence electrons. The van der Waals surface area contributed by atoms with Crippen LogP contribution in [0.2, 0.25) is 0 Å². The Kier molecular flexibility index (Phi) is 4.41. The summed E-state index contributed by atoms with van der Waals surface area (Å²) in [7, 11) is 0. The Hall–Kier alpha value is 0.0900. The maximum Gasteiger partial charge on any atom is 0.0838 e. The van der Waals surface area contributed by atoms with Gasteiger partial charge in [0.15, 0.2) is 0 Å². The highest BCUT2D eigenvalue weighted by molar-refractivity contribution is 14.1. The molecule has 1 aromatic carbocycles. The van der Waals surface area contributed by atoms with E-state index in [0.29, 0.717) is 6.42 Å². The fourth-order valence-corrected chi connectivity index (χ4v) is 3.37. The van der Waals surface area contributed by atoms with E-state index in [0.717, 1.165) is 15.6 Å². The van der Waals surface area contributed by atoms with E-state index in [1.54, 1.807) is 11.3 Å². The predicted molar refractivity (Wildman–Crippen MR) is 79.8 cm³/mol. The second kappa shape index (κ2) is 5.62. The van der Waals surface area contributed by atoms with Crippen LogP contribution in [0.5, 0.6) is 0 Å². The van der Waals surface area contributed by atoms with Gasteiger partial charge in [-0.25, -0.2) is 0 Å². The zero-order valence-electron chi connectivity index (χ0n) is 8.36. The molecule has 0 saturated carbocycles. The quantitative estimate of drug-likeness (QED) is 0.746. The topological polar surface area (TPSA) is 20.2 Å². The molecule has 1 N–H and O–H groups in total. The molecule has 0 amide bonds. The molecular weight excluding hydrogens is 399 g/mol. The molecule has 16 heavy (non-hydrogen) atoms. The highest BCUT2D eigenvalue weighted by Gasteiger charge is 2.10.